The Morgan fingerprint density at radius 1 is 1.47 bits per heavy atom. The summed E-state index contributed by atoms with van der Waals surface area (Å²) in [5.74, 6) is 0.493. The molecular formula is C13H26N2O2. The summed E-state index contributed by atoms with van der Waals surface area (Å²) < 4.78 is 0. The van der Waals surface area contributed by atoms with Crippen LogP contribution in [0, 0.1) is 17.3 Å². The number of nitrogens with two attached hydrogens (primary N) is 1. The molecule has 1 aliphatic rings. The summed E-state index contributed by atoms with van der Waals surface area (Å²) in [6.07, 6.45) is 3.87. The molecule has 1 rings (SSSR count). The number of nitrogens with one attached hydrogen (secondary N) is 1. The highest BCUT2D eigenvalue weighted by molar-refractivity contribution is 5.78. The number of aliphatic hydroxyl groups excluding tert-OH is 1. The monoisotopic (exact) mass is 242 g/mol. The molecule has 4 N–H and O–H groups in total. The van der Waals surface area contributed by atoms with Crippen LogP contribution in [0.5, 0.6) is 0 Å². The van der Waals surface area contributed by atoms with Gasteiger partial charge < -0.3 is 16.2 Å². The van der Waals surface area contributed by atoms with Crippen molar-refractivity contribution in [2.45, 2.75) is 39.5 Å². The quantitative estimate of drug-likeness (QED) is 0.591. The zero-order valence-corrected chi connectivity index (χ0v) is 11.0. The Morgan fingerprint density at radius 3 is 2.53 bits per heavy atom. The Balaban J connectivity index is 2.32. The van der Waals surface area contributed by atoms with Crippen molar-refractivity contribution in [2.24, 2.45) is 23.0 Å². The van der Waals surface area contributed by atoms with E-state index in [1.807, 2.05) is 0 Å². The molecule has 0 bridgehead atoms. The van der Waals surface area contributed by atoms with Crippen LogP contribution in [0.1, 0.15) is 39.5 Å². The van der Waals surface area contributed by atoms with Crippen molar-refractivity contribution in [3.05, 3.63) is 0 Å². The van der Waals surface area contributed by atoms with E-state index in [0.29, 0.717) is 19.0 Å². The van der Waals surface area contributed by atoms with Crippen LogP contribution in [0.3, 0.4) is 0 Å². The Bertz CT molecular complexity index is 250. The van der Waals surface area contributed by atoms with Crippen molar-refractivity contribution in [3.63, 3.8) is 0 Å². The average Bonchev–Trinajstić information content (AvgIpc) is 3.03. The van der Waals surface area contributed by atoms with Crippen LogP contribution in [-0.4, -0.2) is 30.7 Å². The van der Waals surface area contributed by atoms with Crippen LogP contribution in [0.4, 0.5) is 0 Å². The maximum Gasteiger partial charge on any atom is 0.224 e. The molecule has 0 heterocycles. The molecule has 17 heavy (non-hydrogen) atoms. The van der Waals surface area contributed by atoms with Crippen LogP contribution in [0.25, 0.3) is 0 Å². The normalized spacial score (nSPS) is 19.1. The van der Waals surface area contributed by atoms with Gasteiger partial charge in [0.15, 0.2) is 0 Å². The Morgan fingerprint density at radius 2 is 2.12 bits per heavy atom. The van der Waals surface area contributed by atoms with E-state index in [-0.39, 0.29) is 23.8 Å². The Kier molecular flexibility index (Phi) is 5.40. The summed E-state index contributed by atoms with van der Waals surface area (Å²) in [6.45, 7) is 5.52. The van der Waals surface area contributed by atoms with E-state index in [0.717, 1.165) is 25.7 Å². The van der Waals surface area contributed by atoms with E-state index in [1.54, 1.807) is 0 Å². The van der Waals surface area contributed by atoms with Gasteiger partial charge in [0, 0.05) is 19.7 Å². The molecular weight excluding hydrogens is 216 g/mol. The summed E-state index contributed by atoms with van der Waals surface area (Å²) in [5, 5.41) is 11.9. The minimum absolute atomic E-state index is 0.0695. The number of amides is 1. The van der Waals surface area contributed by atoms with Gasteiger partial charge in [-0.25, -0.2) is 0 Å². The van der Waals surface area contributed by atoms with Gasteiger partial charge >= 0.3 is 0 Å². The first kappa shape index (κ1) is 14.5. The van der Waals surface area contributed by atoms with Crippen molar-refractivity contribution in [2.75, 3.05) is 19.7 Å². The van der Waals surface area contributed by atoms with Gasteiger partial charge in [-0.05, 0) is 37.0 Å². The number of aliphatic hydroxyl groups is 1. The second kappa shape index (κ2) is 6.36. The predicted molar refractivity (Wildman–Crippen MR) is 68.4 cm³/mol. The van der Waals surface area contributed by atoms with Gasteiger partial charge in [0.1, 0.15) is 0 Å². The van der Waals surface area contributed by atoms with E-state index < -0.39 is 0 Å². The average molecular weight is 242 g/mol. The van der Waals surface area contributed by atoms with Crippen LogP contribution < -0.4 is 11.1 Å². The van der Waals surface area contributed by atoms with Crippen LogP contribution in [0.2, 0.25) is 0 Å². The topological polar surface area (TPSA) is 75.4 Å². The molecule has 0 aromatic heterocycles. The minimum Gasteiger partial charge on any atom is -0.396 e. The first-order valence-electron chi connectivity index (χ1n) is 6.61. The summed E-state index contributed by atoms with van der Waals surface area (Å²) in [7, 11) is 0. The van der Waals surface area contributed by atoms with Gasteiger partial charge in [0.05, 0.1) is 5.92 Å². The molecule has 1 amide bonds. The van der Waals surface area contributed by atoms with Gasteiger partial charge in [-0.15, -0.1) is 0 Å². The summed E-state index contributed by atoms with van der Waals surface area (Å²) in [6, 6.07) is 0. The highest BCUT2D eigenvalue weighted by Crippen LogP contribution is 2.47. The largest absolute Gasteiger partial charge is 0.396 e. The highest BCUT2D eigenvalue weighted by atomic mass is 16.3. The molecule has 1 saturated carbocycles. The van der Waals surface area contributed by atoms with Crippen molar-refractivity contribution in [1.82, 2.24) is 5.32 Å². The van der Waals surface area contributed by atoms with Gasteiger partial charge in [0.2, 0.25) is 5.91 Å². The fourth-order valence-electron chi connectivity index (χ4n) is 2.23. The number of hydrogen-bond donors (Lipinski definition) is 3. The maximum atomic E-state index is 11.9. The molecule has 1 unspecified atom stereocenters. The first-order valence-corrected chi connectivity index (χ1v) is 6.61. The van der Waals surface area contributed by atoms with Gasteiger partial charge in [-0.3, -0.25) is 4.79 Å². The summed E-state index contributed by atoms with van der Waals surface area (Å²) in [5.41, 5.74) is 5.82. The van der Waals surface area contributed by atoms with Crippen molar-refractivity contribution in [1.29, 1.82) is 0 Å². The molecule has 4 heteroatoms. The lowest BCUT2D eigenvalue weighted by molar-refractivity contribution is -0.125. The lowest BCUT2D eigenvalue weighted by atomic mass is 9.95. The third-order valence-electron chi connectivity index (χ3n) is 3.65. The van der Waals surface area contributed by atoms with Crippen molar-refractivity contribution < 1.29 is 9.90 Å². The highest BCUT2D eigenvalue weighted by Gasteiger charge is 2.42. The van der Waals surface area contributed by atoms with Gasteiger partial charge in [0.25, 0.3) is 0 Å². The van der Waals surface area contributed by atoms with Gasteiger partial charge in [-0.1, -0.05) is 13.8 Å². The molecule has 0 radical (unpaired) electrons. The van der Waals surface area contributed by atoms with E-state index in [2.05, 4.69) is 19.2 Å². The standard InChI is InChI=1S/C13H26N2O2/c1-10(2)7-11(8-14)12(17)15-9-13(3-4-13)5-6-16/h10-11,16H,3-9,14H2,1-2H3,(H,15,17). The Hall–Kier alpha value is -0.610. The van der Waals surface area contributed by atoms with E-state index in [9.17, 15) is 4.79 Å². The molecule has 0 saturated heterocycles. The first-order chi connectivity index (χ1) is 8.03. The molecule has 4 nitrogen and oxygen atoms in total. The van der Waals surface area contributed by atoms with E-state index >= 15 is 0 Å². The number of carbonyl (C=O) groups is 1. The van der Waals surface area contributed by atoms with Crippen LogP contribution >= 0.6 is 0 Å². The molecule has 0 aliphatic heterocycles. The Labute approximate surface area is 104 Å². The third-order valence-corrected chi connectivity index (χ3v) is 3.65. The number of hydrogen-bond acceptors (Lipinski definition) is 3. The number of rotatable bonds is 8. The molecule has 0 aromatic carbocycles. The second-order valence-electron chi connectivity index (χ2n) is 5.75. The predicted octanol–water partition coefficient (Wildman–Crippen LogP) is 0.886. The third kappa shape index (κ3) is 4.64. The minimum atomic E-state index is -0.0695. The van der Waals surface area contributed by atoms with E-state index in [4.69, 9.17) is 10.8 Å². The fraction of sp³-hybridized carbons (Fsp3) is 0.923. The van der Waals surface area contributed by atoms with Crippen LogP contribution in [-0.2, 0) is 4.79 Å². The lowest BCUT2D eigenvalue weighted by Gasteiger charge is -2.20. The number of carbonyl (C=O) groups excluding carboxylic acids is 1. The molecule has 1 aliphatic carbocycles. The smallest absolute Gasteiger partial charge is 0.224 e. The van der Waals surface area contributed by atoms with E-state index in [1.165, 1.54) is 0 Å². The SMILES string of the molecule is CC(C)CC(CN)C(=O)NCC1(CCO)CC1. The van der Waals surface area contributed by atoms with Crippen molar-refractivity contribution in [3.8, 4) is 0 Å². The molecule has 0 aromatic rings. The lowest BCUT2D eigenvalue weighted by Crippen LogP contribution is -2.38. The maximum absolute atomic E-state index is 11.9. The molecule has 0 spiro atoms. The summed E-state index contributed by atoms with van der Waals surface area (Å²) in [4.78, 5) is 11.9. The van der Waals surface area contributed by atoms with Crippen LogP contribution in [0.15, 0.2) is 0 Å². The summed E-state index contributed by atoms with van der Waals surface area (Å²) >= 11 is 0. The molecule has 100 valence electrons. The second-order valence-corrected chi connectivity index (χ2v) is 5.75. The van der Waals surface area contributed by atoms with Gasteiger partial charge in [-0.2, -0.15) is 0 Å². The fourth-order valence-corrected chi connectivity index (χ4v) is 2.23. The zero-order valence-electron chi connectivity index (χ0n) is 11.0. The molecule has 1 atom stereocenters. The van der Waals surface area contributed by atoms with Crippen molar-refractivity contribution >= 4 is 5.91 Å². The molecule has 1 fully saturated rings. The zero-order chi connectivity index (χ0) is 12.9.